The van der Waals surface area contributed by atoms with Crippen molar-refractivity contribution < 1.29 is 9.53 Å². The van der Waals surface area contributed by atoms with Crippen LogP contribution in [-0.2, 0) is 9.53 Å². The lowest BCUT2D eigenvalue weighted by Gasteiger charge is -2.18. The van der Waals surface area contributed by atoms with E-state index in [2.05, 4.69) is 11.4 Å². The monoisotopic (exact) mass is 196 g/mol. The molecule has 14 heavy (non-hydrogen) atoms. The van der Waals surface area contributed by atoms with Crippen LogP contribution >= 0.6 is 0 Å². The Morgan fingerprint density at radius 1 is 1.57 bits per heavy atom. The summed E-state index contributed by atoms with van der Waals surface area (Å²) in [6.07, 6.45) is 3.35. The highest BCUT2D eigenvalue weighted by molar-refractivity contribution is 5.85. The van der Waals surface area contributed by atoms with Crippen LogP contribution < -0.4 is 5.32 Å². The number of amides is 1. The fourth-order valence-electron chi connectivity index (χ4n) is 1.80. The molecular weight excluding hydrogens is 180 g/mol. The summed E-state index contributed by atoms with van der Waals surface area (Å²) in [4.78, 5) is 11.7. The lowest BCUT2D eigenvalue weighted by atomic mass is 9.87. The van der Waals surface area contributed by atoms with E-state index in [1.54, 1.807) is 7.11 Å². The number of carbonyl (C=O) groups is 1. The van der Waals surface area contributed by atoms with Crippen LogP contribution in [0.1, 0.15) is 25.7 Å². The second-order valence-electron chi connectivity index (χ2n) is 3.65. The van der Waals surface area contributed by atoms with Crippen LogP contribution in [0.4, 0.5) is 0 Å². The van der Waals surface area contributed by atoms with Gasteiger partial charge in [-0.15, -0.1) is 0 Å². The molecule has 0 aromatic heterocycles. The zero-order chi connectivity index (χ0) is 10.4. The smallest absolute Gasteiger partial charge is 0.240 e. The lowest BCUT2D eigenvalue weighted by molar-refractivity contribution is -0.128. The Morgan fingerprint density at radius 2 is 2.21 bits per heavy atom. The van der Waals surface area contributed by atoms with E-state index in [9.17, 15) is 4.79 Å². The fourth-order valence-corrected chi connectivity index (χ4v) is 1.80. The third kappa shape index (κ3) is 2.24. The maximum atomic E-state index is 11.7. The molecule has 1 saturated carbocycles. The summed E-state index contributed by atoms with van der Waals surface area (Å²) in [5.41, 5.74) is -0.756. The zero-order valence-electron chi connectivity index (χ0n) is 8.51. The number of nitriles is 1. The summed E-state index contributed by atoms with van der Waals surface area (Å²) in [6, 6.07) is 2.15. The van der Waals surface area contributed by atoms with Crippen LogP contribution in [0.5, 0.6) is 0 Å². The van der Waals surface area contributed by atoms with Gasteiger partial charge in [-0.25, -0.2) is 0 Å². The molecule has 0 bridgehead atoms. The number of hydrogen-bond donors (Lipinski definition) is 1. The van der Waals surface area contributed by atoms with Crippen molar-refractivity contribution >= 4 is 5.91 Å². The molecule has 4 nitrogen and oxygen atoms in total. The Morgan fingerprint density at radius 3 is 2.71 bits per heavy atom. The first-order valence-electron chi connectivity index (χ1n) is 4.94. The lowest BCUT2D eigenvalue weighted by Crippen LogP contribution is -2.39. The minimum Gasteiger partial charge on any atom is -0.383 e. The van der Waals surface area contributed by atoms with Gasteiger partial charge in [0.05, 0.1) is 12.7 Å². The second kappa shape index (κ2) is 4.97. The van der Waals surface area contributed by atoms with Gasteiger partial charge in [-0.2, -0.15) is 5.26 Å². The van der Waals surface area contributed by atoms with Gasteiger partial charge in [0, 0.05) is 13.7 Å². The highest BCUT2D eigenvalue weighted by Gasteiger charge is 2.41. The summed E-state index contributed by atoms with van der Waals surface area (Å²) in [7, 11) is 1.59. The van der Waals surface area contributed by atoms with Gasteiger partial charge in [-0.05, 0) is 12.8 Å². The maximum Gasteiger partial charge on any atom is 0.240 e. The van der Waals surface area contributed by atoms with Gasteiger partial charge in [0.2, 0.25) is 5.91 Å². The third-order valence-electron chi connectivity index (χ3n) is 2.70. The molecular formula is C10H16N2O2. The summed E-state index contributed by atoms with van der Waals surface area (Å²) < 4.78 is 4.82. The molecule has 1 amide bonds. The van der Waals surface area contributed by atoms with Crippen LogP contribution in [0.25, 0.3) is 0 Å². The molecule has 0 aliphatic heterocycles. The average Bonchev–Trinajstić information content (AvgIpc) is 2.67. The van der Waals surface area contributed by atoms with Crippen LogP contribution in [0, 0.1) is 16.7 Å². The third-order valence-corrected chi connectivity index (χ3v) is 2.70. The first-order chi connectivity index (χ1) is 6.75. The van der Waals surface area contributed by atoms with E-state index in [4.69, 9.17) is 10.00 Å². The maximum absolute atomic E-state index is 11.7. The van der Waals surface area contributed by atoms with E-state index in [0.29, 0.717) is 26.0 Å². The summed E-state index contributed by atoms with van der Waals surface area (Å²) in [5, 5.41) is 11.7. The molecule has 0 spiro atoms. The van der Waals surface area contributed by atoms with Crippen LogP contribution in [0.3, 0.4) is 0 Å². The van der Waals surface area contributed by atoms with Gasteiger partial charge in [0.1, 0.15) is 5.41 Å². The molecule has 0 aromatic rings. The topological polar surface area (TPSA) is 62.1 Å². The molecule has 0 radical (unpaired) electrons. The van der Waals surface area contributed by atoms with Gasteiger partial charge >= 0.3 is 0 Å². The molecule has 1 aliphatic carbocycles. The number of carbonyl (C=O) groups excluding carboxylic acids is 1. The Balaban J connectivity index is 2.45. The van der Waals surface area contributed by atoms with Crippen molar-refractivity contribution in [2.75, 3.05) is 20.3 Å². The number of nitrogens with zero attached hydrogens (tertiary/aromatic N) is 1. The Labute approximate surface area is 84.2 Å². The van der Waals surface area contributed by atoms with Crippen molar-refractivity contribution in [3.8, 4) is 6.07 Å². The largest absolute Gasteiger partial charge is 0.383 e. The molecule has 1 N–H and O–H groups in total. The summed E-state index contributed by atoms with van der Waals surface area (Å²) in [6.45, 7) is 0.978. The molecule has 0 atom stereocenters. The van der Waals surface area contributed by atoms with Crippen LogP contribution in [-0.4, -0.2) is 26.2 Å². The van der Waals surface area contributed by atoms with Crippen molar-refractivity contribution in [3.05, 3.63) is 0 Å². The van der Waals surface area contributed by atoms with E-state index in [0.717, 1.165) is 12.8 Å². The normalized spacial score (nSPS) is 18.9. The Hall–Kier alpha value is -1.08. The number of hydrogen-bond acceptors (Lipinski definition) is 3. The standard InChI is InChI=1S/C10H16N2O2/c1-14-7-6-12-9(13)10(8-11)4-2-3-5-10/h2-7H2,1H3,(H,12,13). The number of methoxy groups -OCH3 is 1. The number of ether oxygens (including phenoxy) is 1. The van der Waals surface area contributed by atoms with E-state index in [-0.39, 0.29) is 5.91 Å². The Kier molecular flexibility index (Phi) is 3.90. The Bertz CT molecular complexity index is 239. The highest BCUT2D eigenvalue weighted by atomic mass is 16.5. The van der Waals surface area contributed by atoms with E-state index >= 15 is 0 Å². The predicted octanol–water partition coefficient (Wildman–Crippen LogP) is 0.833. The molecule has 0 heterocycles. The van der Waals surface area contributed by atoms with Crippen molar-refractivity contribution in [1.29, 1.82) is 5.26 Å². The number of rotatable bonds is 4. The highest BCUT2D eigenvalue weighted by Crippen LogP contribution is 2.37. The summed E-state index contributed by atoms with van der Waals surface area (Å²) >= 11 is 0. The average molecular weight is 196 g/mol. The van der Waals surface area contributed by atoms with Crippen molar-refractivity contribution in [1.82, 2.24) is 5.32 Å². The molecule has 1 rings (SSSR count). The molecule has 0 unspecified atom stereocenters. The van der Waals surface area contributed by atoms with E-state index in [1.807, 2.05) is 0 Å². The van der Waals surface area contributed by atoms with Crippen molar-refractivity contribution in [2.24, 2.45) is 5.41 Å². The van der Waals surface area contributed by atoms with Gasteiger partial charge in [0.25, 0.3) is 0 Å². The van der Waals surface area contributed by atoms with E-state index in [1.165, 1.54) is 0 Å². The molecule has 4 heteroatoms. The second-order valence-corrected chi connectivity index (χ2v) is 3.65. The predicted molar refractivity (Wildman–Crippen MR) is 51.4 cm³/mol. The molecule has 0 saturated heterocycles. The van der Waals surface area contributed by atoms with Crippen LogP contribution in [0.15, 0.2) is 0 Å². The quantitative estimate of drug-likeness (QED) is 0.677. The van der Waals surface area contributed by atoms with Gasteiger partial charge < -0.3 is 10.1 Å². The van der Waals surface area contributed by atoms with Gasteiger partial charge in [-0.1, -0.05) is 12.8 Å². The van der Waals surface area contributed by atoms with Gasteiger partial charge in [0.15, 0.2) is 0 Å². The first kappa shape index (κ1) is 11.0. The fraction of sp³-hybridized carbons (Fsp3) is 0.800. The van der Waals surface area contributed by atoms with Crippen LogP contribution in [0.2, 0.25) is 0 Å². The van der Waals surface area contributed by atoms with Crippen molar-refractivity contribution in [2.45, 2.75) is 25.7 Å². The molecule has 1 fully saturated rings. The molecule has 1 aliphatic rings. The van der Waals surface area contributed by atoms with Gasteiger partial charge in [-0.3, -0.25) is 4.79 Å². The first-order valence-corrected chi connectivity index (χ1v) is 4.94. The zero-order valence-corrected chi connectivity index (χ0v) is 8.51. The van der Waals surface area contributed by atoms with E-state index < -0.39 is 5.41 Å². The molecule has 78 valence electrons. The minimum absolute atomic E-state index is 0.130. The number of nitrogens with one attached hydrogen (secondary N) is 1. The summed E-state index contributed by atoms with van der Waals surface area (Å²) in [5.74, 6) is -0.130. The minimum atomic E-state index is -0.756. The SMILES string of the molecule is COCCNC(=O)C1(C#N)CCCC1. The van der Waals surface area contributed by atoms with Crippen molar-refractivity contribution in [3.63, 3.8) is 0 Å². The molecule has 0 aromatic carbocycles.